The quantitative estimate of drug-likeness (QED) is 0.388. The fraction of sp³-hybridized carbons (Fsp3) is 0. The lowest BCUT2D eigenvalue weighted by molar-refractivity contribution is -0.493. The minimum Gasteiger partial charge on any atom is -0.267 e. The molecule has 140 valence electrons. The van der Waals surface area contributed by atoms with Crippen molar-refractivity contribution in [3.05, 3.63) is 102 Å². The third-order valence-corrected chi connectivity index (χ3v) is 5.18. The number of benzene rings is 3. The Hall–Kier alpha value is -3.63. The van der Waals surface area contributed by atoms with E-state index in [1.165, 1.54) is 5.39 Å². The first-order chi connectivity index (χ1) is 14.2. The number of rotatable bonds is 3. The maximum atomic E-state index is 12.9. The molecule has 2 heterocycles. The van der Waals surface area contributed by atoms with E-state index in [0.29, 0.717) is 16.4 Å². The summed E-state index contributed by atoms with van der Waals surface area (Å²) in [5.74, 6) is 0.465. The molecule has 5 heteroatoms. The van der Waals surface area contributed by atoms with E-state index in [2.05, 4.69) is 40.6 Å². The second kappa shape index (κ2) is 7.08. The Morgan fingerprint density at radius 1 is 0.862 bits per heavy atom. The Balaban J connectivity index is 1.64. The first kappa shape index (κ1) is 17.5. The van der Waals surface area contributed by atoms with Crippen molar-refractivity contribution in [2.24, 2.45) is 0 Å². The predicted octanol–water partition coefficient (Wildman–Crippen LogP) is 5.48. The monoisotopic (exact) mass is 398 g/mol. The van der Waals surface area contributed by atoms with Gasteiger partial charge in [0, 0.05) is 16.7 Å². The van der Waals surface area contributed by atoms with Crippen LogP contribution in [0.3, 0.4) is 0 Å². The molecule has 0 bridgehead atoms. The average molecular weight is 399 g/mol. The Bertz CT molecular complexity index is 1370. The molecule has 2 aromatic heterocycles. The van der Waals surface area contributed by atoms with E-state index in [1.54, 1.807) is 24.3 Å². The second-order valence-electron chi connectivity index (χ2n) is 6.83. The van der Waals surface area contributed by atoms with Gasteiger partial charge < -0.3 is 0 Å². The fourth-order valence-corrected chi connectivity index (χ4v) is 3.72. The molecule has 3 aromatic carbocycles. The number of nitrogens with zero attached hydrogens (tertiary/aromatic N) is 1. The van der Waals surface area contributed by atoms with E-state index in [4.69, 9.17) is 11.6 Å². The predicted molar refractivity (Wildman–Crippen MR) is 116 cm³/mol. The van der Waals surface area contributed by atoms with Crippen molar-refractivity contribution in [3.8, 4) is 11.3 Å². The number of hydrogen-bond donors (Lipinski definition) is 2. The normalized spacial score (nSPS) is 11.1. The zero-order valence-corrected chi connectivity index (χ0v) is 16.1. The van der Waals surface area contributed by atoms with Crippen molar-refractivity contribution in [2.45, 2.75) is 0 Å². The zero-order valence-electron chi connectivity index (χ0n) is 15.4. The van der Waals surface area contributed by atoms with Gasteiger partial charge in [0.2, 0.25) is 5.65 Å². The van der Waals surface area contributed by atoms with Gasteiger partial charge in [0.1, 0.15) is 0 Å². The lowest BCUT2D eigenvalue weighted by Crippen LogP contribution is -2.26. The molecular weight excluding hydrogens is 382 g/mol. The number of hydrogen-bond acceptors (Lipinski definition) is 1. The van der Waals surface area contributed by atoms with E-state index >= 15 is 0 Å². The van der Waals surface area contributed by atoms with Crippen molar-refractivity contribution < 1.29 is 9.20 Å². The summed E-state index contributed by atoms with van der Waals surface area (Å²) in [6.07, 6.45) is 1.92. The summed E-state index contributed by atoms with van der Waals surface area (Å²) in [4.78, 5) is 16.3. The van der Waals surface area contributed by atoms with Crippen LogP contribution in [0.15, 0.2) is 91.1 Å². The molecule has 0 unspecified atom stereocenters. The van der Waals surface area contributed by atoms with Gasteiger partial charge in [0.05, 0.1) is 11.8 Å². The van der Waals surface area contributed by atoms with Crippen molar-refractivity contribution >= 4 is 39.7 Å². The summed E-state index contributed by atoms with van der Waals surface area (Å²) < 4.78 is 1.94. The summed E-state index contributed by atoms with van der Waals surface area (Å²) in [5.41, 5.74) is 3.23. The average Bonchev–Trinajstić information content (AvgIpc) is 3.12. The van der Waals surface area contributed by atoms with Crippen LogP contribution in [0, 0.1) is 0 Å². The van der Waals surface area contributed by atoms with Gasteiger partial charge in [-0.3, -0.25) is 9.78 Å². The maximum absolute atomic E-state index is 12.9. The molecule has 0 aliphatic heterocycles. The highest BCUT2D eigenvalue weighted by Gasteiger charge is 2.23. The number of nitrogens with one attached hydrogen (secondary N) is 2. The number of fused-ring (bicyclic) bond motifs is 2. The Kier molecular flexibility index (Phi) is 4.26. The number of pyridine rings is 1. The molecule has 2 N–H and O–H groups in total. The summed E-state index contributed by atoms with van der Waals surface area (Å²) >= 11 is 6.06. The molecule has 0 saturated carbocycles. The molecule has 0 spiro atoms. The van der Waals surface area contributed by atoms with Crippen LogP contribution in [0.5, 0.6) is 0 Å². The first-order valence-corrected chi connectivity index (χ1v) is 9.65. The van der Waals surface area contributed by atoms with Crippen LogP contribution in [0.25, 0.3) is 27.7 Å². The van der Waals surface area contributed by atoms with Crippen molar-refractivity contribution in [1.29, 1.82) is 0 Å². The van der Waals surface area contributed by atoms with Crippen molar-refractivity contribution in [3.63, 3.8) is 0 Å². The van der Waals surface area contributed by atoms with Crippen molar-refractivity contribution in [2.75, 3.05) is 5.32 Å². The number of carbonyl (C=O) groups is 1. The Labute approximate surface area is 172 Å². The molecule has 0 saturated heterocycles. The van der Waals surface area contributed by atoms with Crippen LogP contribution in [-0.2, 0) is 0 Å². The third kappa shape index (κ3) is 3.24. The summed E-state index contributed by atoms with van der Waals surface area (Å²) in [5, 5.41) is 5.90. The summed E-state index contributed by atoms with van der Waals surface area (Å²) in [6, 6.07) is 27.3. The van der Waals surface area contributed by atoms with Crippen LogP contribution in [0.2, 0.25) is 5.02 Å². The van der Waals surface area contributed by atoms with E-state index < -0.39 is 0 Å². The lowest BCUT2D eigenvalue weighted by atomic mass is 10.0. The van der Waals surface area contributed by atoms with E-state index in [9.17, 15) is 4.79 Å². The molecule has 5 rings (SSSR count). The van der Waals surface area contributed by atoms with Crippen LogP contribution < -0.4 is 9.72 Å². The van der Waals surface area contributed by atoms with Crippen LogP contribution in [0.1, 0.15) is 10.4 Å². The molecule has 0 fully saturated rings. The number of aromatic nitrogens is 2. The smallest absolute Gasteiger partial charge is 0.267 e. The molecule has 29 heavy (non-hydrogen) atoms. The van der Waals surface area contributed by atoms with E-state index in [1.807, 2.05) is 40.9 Å². The number of imidazole rings is 1. The lowest BCUT2D eigenvalue weighted by Gasteiger charge is -2.04. The topological polar surface area (TPSA) is 49.0 Å². The van der Waals surface area contributed by atoms with Gasteiger partial charge in [0.25, 0.3) is 5.82 Å². The van der Waals surface area contributed by atoms with Gasteiger partial charge in [0.15, 0.2) is 5.69 Å². The molecule has 1 amide bonds. The van der Waals surface area contributed by atoms with Gasteiger partial charge in [-0.25, -0.2) is 9.72 Å². The minimum atomic E-state index is -0.216. The second-order valence-corrected chi connectivity index (χ2v) is 7.27. The SMILES string of the molecule is O=C(Nc1c(-c2ccc3ccccc3c2)[nH]c2cccc[n+]12)c1cccc(Cl)c1. The number of carbonyl (C=O) groups excluding carboxylic acids is 1. The number of halogens is 1. The molecular formula is C24H17ClN3O+. The van der Waals surface area contributed by atoms with E-state index in [0.717, 1.165) is 22.3 Å². The van der Waals surface area contributed by atoms with Gasteiger partial charge in [-0.05, 0) is 41.1 Å². The highest BCUT2D eigenvalue weighted by atomic mass is 35.5. The number of H-pyrrole nitrogens is 1. The summed E-state index contributed by atoms with van der Waals surface area (Å²) in [6.45, 7) is 0. The van der Waals surface area contributed by atoms with Crippen LogP contribution in [-0.4, -0.2) is 10.9 Å². The highest BCUT2D eigenvalue weighted by Crippen LogP contribution is 2.28. The zero-order chi connectivity index (χ0) is 19.8. The summed E-state index contributed by atoms with van der Waals surface area (Å²) in [7, 11) is 0. The largest absolute Gasteiger partial charge is 0.311 e. The molecule has 5 aromatic rings. The van der Waals surface area contributed by atoms with Gasteiger partial charge in [-0.15, -0.1) is 0 Å². The Morgan fingerprint density at radius 3 is 2.55 bits per heavy atom. The molecule has 0 atom stereocenters. The number of amides is 1. The molecule has 0 aliphatic carbocycles. The number of anilines is 1. The van der Waals surface area contributed by atoms with Gasteiger partial charge in [-0.1, -0.05) is 60.1 Å². The van der Waals surface area contributed by atoms with Gasteiger partial charge in [-0.2, -0.15) is 0 Å². The Morgan fingerprint density at radius 2 is 1.69 bits per heavy atom. The number of aromatic amines is 1. The van der Waals surface area contributed by atoms with Gasteiger partial charge >= 0.3 is 5.91 Å². The molecule has 0 aliphatic rings. The third-order valence-electron chi connectivity index (χ3n) is 4.95. The molecule has 0 radical (unpaired) electrons. The van der Waals surface area contributed by atoms with Crippen molar-refractivity contribution in [1.82, 2.24) is 4.98 Å². The van der Waals surface area contributed by atoms with E-state index in [-0.39, 0.29) is 5.91 Å². The first-order valence-electron chi connectivity index (χ1n) is 9.27. The standard InChI is InChI=1S/C24H16ClN3O/c25-20-9-5-8-19(15-20)24(29)27-23-22(26-21-10-3-4-13-28(21)23)18-12-11-16-6-1-2-7-17(16)14-18/h1-15H,(H,27,29)/p+1. The minimum absolute atomic E-state index is 0.216. The van der Waals surface area contributed by atoms with Crippen LogP contribution in [0.4, 0.5) is 5.82 Å². The highest BCUT2D eigenvalue weighted by molar-refractivity contribution is 6.31. The van der Waals surface area contributed by atoms with Crippen LogP contribution >= 0.6 is 11.6 Å². The fourth-order valence-electron chi connectivity index (χ4n) is 3.53. The maximum Gasteiger partial charge on any atom is 0.311 e. The molecule has 4 nitrogen and oxygen atoms in total.